The van der Waals surface area contributed by atoms with E-state index in [0.717, 1.165) is 14.1 Å². The molecule has 0 N–H and O–H groups in total. The molecule has 0 atom stereocenters. The zero-order chi connectivity index (χ0) is 10.2. The molecular weight excluding hydrogens is 347 g/mol. The second-order valence-corrected chi connectivity index (χ2v) is 5.47. The number of nitrogens with zero attached hydrogens (tertiary/aromatic N) is 2. The highest BCUT2D eigenvalue weighted by atomic mass is 127. The normalized spacial score (nSPS) is 11.8. The van der Waals surface area contributed by atoms with Gasteiger partial charge in [0.25, 0.3) is 0 Å². The molecule has 0 aliphatic heterocycles. The summed E-state index contributed by atoms with van der Waals surface area (Å²) in [4.78, 5) is 0. The third-order valence-corrected chi connectivity index (χ3v) is 2.99. The van der Waals surface area contributed by atoms with E-state index in [1.165, 1.54) is 0 Å². The molecule has 1 aromatic heterocycles. The maximum atomic E-state index is 5.21. The molecule has 0 saturated heterocycles. The fraction of sp³-hybridized carbons (Fsp3) is 0.625. The van der Waals surface area contributed by atoms with Crippen LogP contribution >= 0.6 is 38.5 Å². The van der Waals surface area contributed by atoms with Crippen molar-refractivity contribution in [1.29, 1.82) is 0 Å². The van der Waals surface area contributed by atoms with Gasteiger partial charge < -0.3 is 4.74 Å². The van der Waals surface area contributed by atoms with Crippen LogP contribution in [0.4, 0.5) is 0 Å². The number of methoxy groups -OCH3 is 1. The Bertz CT molecular complexity index is 317. The van der Waals surface area contributed by atoms with Crippen LogP contribution in [0.3, 0.4) is 0 Å². The molecule has 0 bridgehead atoms. The van der Waals surface area contributed by atoms with E-state index in [1.54, 1.807) is 7.11 Å². The Kier molecular flexibility index (Phi) is 3.27. The molecule has 13 heavy (non-hydrogen) atoms. The first kappa shape index (κ1) is 11.3. The largest absolute Gasteiger partial charge is 0.491 e. The van der Waals surface area contributed by atoms with Crippen LogP contribution in [0.25, 0.3) is 0 Å². The van der Waals surface area contributed by atoms with Gasteiger partial charge in [-0.3, -0.25) is 0 Å². The quantitative estimate of drug-likeness (QED) is 0.721. The summed E-state index contributed by atoms with van der Waals surface area (Å²) < 4.78 is 8.90. The Morgan fingerprint density at radius 1 is 1.46 bits per heavy atom. The third kappa shape index (κ3) is 2.18. The third-order valence-electron chi connectivity index (χ3n) is 1.59. The smallest absolute Gasteiger partial charge is 0.184 e. The number of rotatable bonds is 1. The zero-order valence-corrected chi connectivity index (χ0v) is 11.8. The maximum Gasteiger partial charge on any atom is 0.184 e. The van der Waals surface area contributed by atoms with Crippen LogP contribution < -0.4 is 4.74 Å². The van der Waals surface area contributed by atoms with Crippen molar-refractivity contribution in [2.24, 2.45) is 0 Å². The zero-order valence-electron chi connectivity index (χ0n) is 8.06. The Labute approximate surface area is 100 Å². The number of aromatic nitrogens is 2. The van der Waals surface area contributed by atoms with Gasteiger partial charge in [0.05, 0.1) is 12.6 Å². The van der Waals surface area contributed by atoms with Crippen LogP contribution in [0.15, 0.2) is 4.60 Å². The molecule has 5 heteroatoms. The van der Waals surface area contributed by atoms with E-state index in [1.807, 2.05) is 4.68 Å². The van der Waals surface area contributed by atoms with Crippen LogP contribution in [-0.4, -0.2) is 16.9 Å². The second-order valence-electron chi connectivity index (χ2n) is 3.70. The standard InChI is InChI=1S/C8H12BrIN2O/c1-8(2,3)12-6(9)5(13-4)7(10)11-12/h1-4H3. The minimum Gasteiger partial charge on any atom is -0.491 e. The fourth-order valence-corrected chi connectivity index (χ4v) is 2.99. The van der Waals surface area contributed by atoms with Gasteiger partial charge in [0.2, 0.25) is 0 Å². The molecule has 3 nitrogen and oxygen atoms in total. The van der Waals surface area contributed by atoms with Crippen molar-refractivity contribution in [3.8, 4) is 5.75 Å². The Morgan fingerprint density at radius 3 is 2.23 bits per heavy atom. The van der Waals surface area contributed by atoms with Gasteiger partial charge in [-0.2, -0.15) is 5.10 Å². The Hall–Kier alpha value is 0.220. The van der Waals surface area contributed by atoms with Gasteiger partial charge in [0, 0.05) is 0 Å². The first-order valence-electron chi connectivity index (χ1n) is 3.86. The lowest BCUT2D eigenvalue weighted by Crippen LogP contribution is -2.23. The van der Waals surface area contributed by atoms with Gasteiger partial charge in [0.15, 0.2) is 9.45 Å². The fourth-order valence-electron chi connectivity index (χ4n) is 0.971. The molecule has 74 valence electrons. The van der Waals surface area contributed by atoms with Crippen LogP contribution in [0.1, 0.15) is 20.8 Å². The number of halogens is 2. The summed E-state index contributed by atoms with van der Waals surface area (Å²) >= 11 is 5.63. The van der Waals surface area contributed by atoms with Gasteiger partial charge in [0.1, 0.15) is 4.60 Å². The van der Waals surface area contributed by atoms with E-state index in [0.29, 0.717) is 0 Å². The monoisotopic (exact) mass is 358 g/mol. The highest BCUT2D eigenvalue weighted by molar-refractivity contribution is 14.1. The van der Waals surface area contributed by atoms with Gasteiger partial charge in [-0.15, -0.1) is 0 Å². The minimum atomic E-state index is -0.0322. The summed E-state index contributed by atoms with van der Waals surface area (Å²) in [6, 6.07) is 0. The summed E-state index contributed by atoms with van der Waals surface area (Å²) in [6.07, 6.45) is 0. The summed E-state index contributed by atoms with van der Waals surface area (Å²) in [5.41, 5.74) is -0.0322. The van der Waals surface area contributed by atoms with Gasteiger partial charge in [-0.05, 0) is 59.3 Å². The maximum absolute atomic E-state index is 5.21. The highest BCUT2D eigenvalue weighted by Gasteiger charge is 2.22. The first-order valence-corrected chi connectivity index (χ1v) is 5.73. The summed E-state index contributed by atoms with van der Waals surface area (Å²) in [5, 5.41) is 4.38. The lowest BCUT2D eigenvalue weighted by atomic mass is 10.1. The minimum absolute atomic E-state index is 0.0322. The van der Waals surface area contributed by atoms with E-state index in [9.17, 15) is 0 Å². The lowest BCUT2D eigenvalue weighted by molar-refractivity contribution is 0.342. The molecule has 0 amide bonds. The average Bonchev–Trinajstić information content (AvgIpc) is 2.25. The molecular formula is C8H12BrIN2O. The van der Waals surface area contributed by atoms with Crippen molar-refractivity contribution < 1.29 is 4.74 Å². The first-order chi connectivity index (χ1) is 5.88. The number of hydrogen-bond donors (Lipinski definition) is 0. The SMILES string of the molecule is COc1c(I)nn(C(C)(C)C)c1Br. The Balaban J connectivity index is 3.26. The van der Waals surface area contributed by atoms with Crippen molar-refractivity contribution in [2.45, 2.75) is 26.3 Å². The summed E-state index contributed by atoms with van der Waals surface area (Å²) in [6.45, 7) is 6.29. The predicted molar refractivity (Wildman–Crippen MR) is 64.2 cm³/mol. The molecule has 0 aliphatic rings. The highest BCUT2D eigenvalue weighted by Crippen LogP contribution is 2.33. The second kappa shape index (κ2) is 3.76. The van der Waals surface area contributed by atoms with Crippen LogP contribution in [0.5, 0.6) is 5.75 Å². The van der Waals surface area contributed by atoms with E-state index in [2.05, 4.69) is 64.4 Å². The molecule has 1 heterocycles. The van der Waals surface area contributed by atoms with E-state index in [-0.39, 0.29) is 5.54 Å². The van der Waals surface area contributed by atoms with Crippen LogP contribution in [-0.2, 0) is 5.54 Å². The number of hydrogen-bond acceptors (Lipinski definition) is 2. The van der Waals surface area contributed by atoms with Crippen molar-refractivity contribution in [1.82, 2.24) is 9.78 Å². The van der Waals surface area contributed by atoms with Gasteiger partial charge in [-0.25, -0.2) is 4.68 Å². The molecule has 0 spiro atoms. The molecule has 0 radical (unpaired) electrons. The molecule has 0 fully saturated rings. The predicted octanol–water partition coefficient (Wildman–Crippen LogP) is 3.01. The molecule has 1 rings (SSSR count). The molecule has 0 saturated carbocycles. The summed E-state index contributed by atoms with van der Waals surface area (Å²) in [7, 11) is 1.65. The molecule has 0 aliphatic carbocycles. The molecule has 0 aromatic carbocycles. The Morgan fingerprint density at radius 2 is 2.00 bits per heavy atom. The van der Waals surface area contributed by atoms with Crippen molar-refractivity contribution in [3.05, 3.63) is 8.30 Å². The van der Waals surface area contributed by atoms with E-state index in [4.69, 9.17) is 4.74 Å². The topological polar surface area (TPSA) is 27.1 Å². The van der Waals surface area contributed by atoms with Crippen molar-refractivity contribution >= 4 is 38.5 Å². The van der Waals surface area contributed by atoms with Crippen molar-refractivity contribution in [2.75, 3.05) is 7.11 Å². The lowest BCUT2D eigenvalue weighted by Gasteiger charge is -2.20. The van der Waals surface area contributed by atoms with Gasteiger partial charge in [-0.1, -0.05) is 0 Å². The van der Waals surface area contributed by atoms with Gasteiger partial charge >= 0.3 is 0 Å². The molecule has 0 unspecified atom stereocenters. The van der Waals surface area contributed by atoms with Crippen LogP contribution in [0, 0.1) is 3.70 Å². The molecule has 1 aromatic rings. The van der Waals surface area contributed by atoms with E-state index < -0.39 is 0 Å². The van der Waals surface area contributed by atoms with E-state index >= 15 is 0 Å². The number of ether oxygens (including phenoxy) is 1. The van der Waals surface area contributed by atoms with Crippen molar-refractivity contribution in [3.63, 3.8) is 0 Å². The summed E-state index contributed by atoms with van der Waals surface area (Å²) in [5.74, 6) is 0.801. The average molecular weight is 359 g/mol. The van der Waals surface area contributed by atoms with Crippen LogP contribution in [0.2, 0.25) is 0 Å².